The predicted molar refractivity (Wildman–Crippen MR) is 104 cm³/mol. The van der Waals surface area contributed by atoms with E-state index in [0.29, 0.717) is 27.1 Å². The second kappa shape index (κ2) is 7.86. The number of carbonyl (C=O) groups excluding carboxylic acids is 1. The first kappa shape index (κ1) is 18.4. The molecule has 132 valence electrons. The zero-order chi connectivity index (χ0) is 18.7. The first-order valence-corrected chi connectivity index (χ1v) is 8.52. The lowest BCUT2D eigenvalue weighted by Crippen LogP contribution is -2.33. The van der Waals surface area contributed by atoms with E-state index in [2.05, 4.69) is 10.6 Å². The van der Waals surface area contributed by atoms with Gasteiger partial charge in [-0.15, -0.1) is 0 Å². The van der Waals surface area contributed by atoms with Gasteiger partial charge >= 0.3 is 0 Å². The van der Waals surface area contributed by atoms with Crippen LogP contribution in [0.5, 0.6) is 0 Å². The van der Waals surface area contributed by atoms with Crippen LogP contribution in [0.25, 0.3) is 11.3 Å². The minimum absolute atomic E-state index is 0.0549. The number of hydrogen-bond acceptors (Lipinski definition) is 3. The van der Waals surface area contributed by atoms with Crippen LogP contribution in [-0.2, 0) is 0 Å². The molecule has 0 radical (unpaired) electrons. The van der Waals surface area contributed by atoms with Crippen LogP contribution in [0.3, 0.4) is 0 Å². The van der Waals surface area contributed by atoms with E-state index in [0.717, 1.165) is 0 Å². The minimum Gasteiger partial charge on any atom is -0.451 e. The lowest BCUT2D eigenvalue weighted by Gasteiger charge is -2.08. The van der Waals surface area contributed by atoms with Crippen molar-refractivity contribution in [2.24, 2.45) is 0 Å². The fraction of sp³-hybridized carbons (Fsp3) is 0. The Labute approximate surface area is 163 Å². The van der Waals surface area contributed by atoms with Gasteiger partial charge < -0.3 is 9.73 Å². The Kier molecular flexibility index (Phi) is 5.56. The molecule has 0 saturated heterocycles. The number of anilines is 1. The minimum atomic E-state index is -0.533. The summed E-state index contributed by atoms with van der Waals surface area (Å²) >= 11 is 17.2. The van der Waals surface area contributed by atoms with Crippen LogP contribution in [0.15, 0.2) is 59.0 Å². The number of halogens is 3. The maximum absolute atomic E-state index is 12.9. The highest BCUT2D eigenvalue weighted by atomic mass is 35.5. The van der Waals surface area contributed by atoms with Crippen molar-refractivity contribution >= 4 is 52.1 Å². The van der Waals surface area contributed by atoms with E-state index >= 15 is 0 Å². The molecular weight excluding hydrogens is 398 g/mol. The Balaban J connectivity index is 1.69. The van der Waals surface area contributed by atoms with Crippen molar-refractivity contribution in [2.45, 2.75) is 0 Å². The SMILES string of the molecule is O=C(NC(=S)Nc1ccc(F)cc1)c1ccc(-c2cccc(Cl)c2Cl)o1. The third-order valence-electron chi connectivity index (χ3n) is 3.38. The normalized spacial score (nSPS) is 10.4. The summed E-state index contributed by atoms with van der Waals surface area (Å²) in [6.45, 7) is 0. The van der Waals surface area contributed by atoms with Gasteiger partial charge in [0, 0.05) is 11.3 Å². The van der Waals surface area contributed by atoms with Crippen LogP contribution in [0.1, 0.15) is 10.6 Å². The number of benzene rings is 2. The zero-order valence-corrected chi connectivity index (χ0v) is 15.4. The molecule has 0 spiro atoms. The maximum atomic E-state index is 12.9. The molecule has 3 aromatic rings. The monoisotopic (exact) mass is 408 g/mol. The van der Waals surface area contributed by atoms with Gasteiger partial charge in [-0.25, -0.2) is 4.39 Å². The molecule has 4 nitrogen and oxygen atoms in total. The van der Waals surface area contributed by atoms with Gasteiger partial charge in [0.1, 0.15) is 11.6 Å². The first-order chi connectivity index (χ1) is 12.4. The fourth-order valence-electron chi connectivity index (χ4n) is 2.16. The molecular formula is C18H11Cl2FN2O2S. The van der Waals surface area contributed by atoms with Gasteiger partial charge in [-0.1, -0.05) is 29.3 Å². The van der Waals surface area contributed by atoms with Crippen molar-refractivity contribution < 1.29 is 13.6 Å². The summed E-state index contributed by atoms with van der Waals surface area (Å²) in [6, 6.07) is 13.8. The molecule has 1 heterocycles. The Morgan fingerprint density at radius 3 is 2.50 bits per heavy atom. The molecule has 0 aliphatic carbocycles. The number of carbonyl (C=O) groups is 1. The Bertz CT molecular complexity index is 974. The van der Waals surface area contributed by atoms with E-state index in [1.165, 1.54) is 30.3 Å². The molecule has 2 N–H and O–H groups in total. The van der Waals surface area contributed by atoms with Crippen LogP contribution >= 0.6 is 35.4 Å². The van der Waals surface area contributed by atoms with Gasteiger partial charge in [0.05, 0.1) is 10.0 Å². The molecule has 26 heavy (non-hydrogen) atoms. The van der Waals surface area contributed by atoms with E-state index in [9.17, 15) is 9.18 Å². The molecule has 0 unspecified atom stereocenters. The highest BCUT2D eigenvalue weighted by Crippen LogP contribution is 2.34. The van der Waals surface area contributed by atoms with Gasteiger partial charge in [0.15, 0.2) is 10.9 Å². The molecule has 2 aromatic carbocycles. The van der Waals surface area contributed by atoms with Crippen LogP contribution < -0.4 is 10.6 Å². The molecule has 0 bridgehead atoms. The van der Waals surface area contributed by atoms with Crippen molar-refractivity contribution in [1.82, 2.24) is 5.32 Å². The number of nitrogens with one attached hydrogen (secondary N) is 2. The molecule has 0 saturated carbocycles. The van der Waals surface area contributed by atoms with E-state index in [1.54, 1.807) is 24.3 Å². The quantitative estimate of drug-likeness (QED) is 0.560. The average Bonchev–Trinajstić information content (AvgIpc) is 3.09. The van der Waals surface area contributed by atoms with Gasteiger partial charge in [0.25, 0.3) is 5.91 Å². The van der Waals surface area contributed by atoms with Crippen LogP contribution in [0.4, 0.5) is 10.1 Å². The van der Waals surface area contributed by atoms with Crippen molar-refractivity contribution in [3.63, 3.8) is 0 Å². The number of amides is 1. The van der Waals surface area contributed by atoms with Crippen molar-refractivity contribution in [2.75, 3.05) is 5.32 Å². The third kappa shape index (κ3) is 4.22. The Morgan fingerprint density at radius 1 is 1.04 bits per heavy atom. The Morgan fingerprint density at radius 2 is 1.77 bits per heavy atom. The molecule has 1 amide bonds. The smallest absolute Gasteiger partial charge is 0.293 e. The summed E-state index contributed by atoms with van der Waals surface area (Å²) < 4.78 is 18.4. The molecule has 0 atom stereocenters. The zero-order valence-electron chi connectivity index (χ0n) is 13.1. The number of thiocarbonyl (C=S) groups is 1. The van der Waals surface area contributed by atoms with E-state index in [-0.39, 0.29) is 16.7 Å². The topological polar surface area (TPSA) is 54.3 Å². The molecule has 0 aliphatic rings. The summed E-state index contributed by atoms with van der Waals surface area (Å²) in [5, 5.41) is 6.04. The summed E-state index contributed by atoms with van der Waals surface area (Å²) in [7, 11) is 0. The van der Waals surface area contributed by atoms with Crippen molar-refractivity contribution in [3.8, 4) is 11.3 Å². The predicted octanol–water partition coefficient (Wildman–Crippen LogP) is 5.52. The van der Waals surface area contributed by atoms with Crippen LogP contribution in [0.2, 0.25) is 10.0 Å². The molecule has 3 rings (SSSR count). The summed E-state index contributed by atoms with van der Waals surface area (Å²) in [4.78, 5) is 12.2. The van der Waals surface area contributed by atoms with Gasteiger partial charge in [0.2, 0.25) is 0 Å². The molecule has 8 heteroatoms. The molecule has 0 fully saturated rings. The third-order valence-corrected chi connectivity index (χ3v) is 4.40. The maximum Gasteiger partial charge on any atom is 0.293 e. The standard InChI is InChI=1S/C18H11Cl2FN2O2S/c19-13-3-1-2-12(16(13)20)14-8-9-15(25-14)17(24)23-18(26)22-11-6-4-10(21)5-7-11/h1-9H,(H2,22,23,24,26). The summed E-state index contributed by atoms with van der Waals surface area (Å²) in [5.74, 6) is -0.443. The lowest BCUT2D eigenvalue weighted by molar-refractivity contribution is 0.0951. The number of furan rings is 1. The second-order valence-corrected chi connectivity index (χ2v) is 6.37. The number of hydrogen-bond donors (Lipinski definition) is 2. The second-order valence-electron chi connectivity index (χ2n) is 5.18. The van der Waals surface area contributed by atoms with Crippen molar-refractivity contribution in [3.05, 3.63) is 76.2 Å². The average molecular weight is 409 g/mol. The lowest BCUT2D eigenvalue weighted by atomic mass is 10.2. The highest BCUT2D eigenvalue weighted by Gasteiger charge is 2.16. The summed E-state index contributed by atoms with van der Waals surface area (Å²) in [5.41, 5.74) is 1.12. The van der Waals surface area contributed by atoms with E-state index in [1.807, 2.05) is 0 Å². The van der Waals surface area contributed by atoms with E-state index in [4.69, 9.17) is 39.8 Å². The summed E-state index contributed by atoms with van der Waals surface area (Å²) in [6.07, 6.45) is 0. The van der Waals surface area contributed by atoms with Crippen LogP contribution in [-0.4, -0.2) is 11.0 Å². The van der Waals surface area contributed by atoms with Gasteiger partial charge in [-0.2, -0.15) is 0 Å². The first-order valence-electron chi connectivity index (χ1n) is 7.36. The van der Waals surface area contributed by atoms with Crippen molar-refractivity contribution in [1.29, 1.82) is 0 Å². The number of rotatable bonds is 3. The Hall–Kier alpha value is -2.41. The van der Waals surface area contributed by atoms with Crippen LogP contribution in [0, 0.1) is 5.82 Å². The van der Waals surface area contributed by atoms with E-state index < -0.39 is 5.91 Å². The van der Waals surface area contributed by atoms with Gasteiger partial charge in [-0.05, 0) is 60.7 Å². The van der Waals surface area contributed by atoms with Gasteiger partial charge in [-0.3, -0.25) is 10.1 Å². The largest absolute Gasteiger partial charge is 0.451 e. The fourth-order valence-corrected chi connectivity index (χ4v) is 2.76. The highest BCUT2D eigenvalue weighted by molar-refractivity contribution is 7.80. The molecule has 0 aliphatic heterocycles. The molecule has 1 aromatic heterocycles.